The van der Waals surface area contributed by atoms with Crippen LogP contribution in [0.5, 0.6) is 0 Å². The number of aromatic carboxylic acids is 1. The van der Waals surface area contributed by atoms with Crippen molar-refractivity contribution in [2.75, 3.05) is 0 Å². The molecule has 0 atom stereocenters. The number of imidazole rings is 1. The highest BCUT2D eigenvalue weighted by atomic mass is 35.5. The second-order valence-electron chi connectivity index (χ2n) is 3.59. The van der Waals surface area contributed by atoms with Crippen LogP contribution >= 0.6 is 11.6 Å². The van der Waals surface area contributed by atoms with Crippen molar-refractivity contribution in [2.45, 2.75) is 0 Å². The van der Waals surface area contributed by atoms with Gasteiger partial charge >= 0.3 is 5.97 Å². The molecule has 3 aromatic heterocycles. The summed E-state index contributed by atoms with van der Waals surface area (Å²) in [7, 11) is 0. The van der Waals surface area contributed by atoms with Crippen LogP contribution in [0.1, 0.15) is 10.4 Å². The summed E-state index contributed by atoms with van der Waals surface area (Å²) in [6.07, 6.45) is 2.70. The number of fused-ring (bicyclic) bond motifs is 1. The summed E-state index contributed by atoms with van der Waals surface area (Å²) < 4.78 is 4.97. The highest BCUT2D eigenvalue weighted by Crippen LogP contribution is 2.27. The van der Waals surface area contributed by atoms with Gasteiger partial charge in [0.15, 0.2) is 5.65 Å². The largest absolute Gasteiger partial charge is 0.478 e. The Labute approximate surface area is 105 Å². The van der Waals surface area contributed by atoms with Crippen LogP contribution < -0.4 is 0 Å². The Morgan fingerprint density at radius 3 is 3.00 bits per heavy atom. The lowest BCUT2D eigenvalue weighted by Crippen LogP contribution is -1.96. The molecule has 0 amide bonds. The number of H-pyrrole nitrogens is 1. The van der Waals surface area contributed by atoms with Gasteiger partial charge in [0.25, 0.3) is 0 Å². The molecule has 3 heterocycles. The Hall–Kier alpha value is -2.34. The van der Waals surface area contributed by atoms with Crippen LogP contribution in [0.15, 0.2) is 29.0 Å². The van der Waals surface area contributed by atoms with E-state index in [2.05, 4.69) is 15.0 Å². The van der Waals surface area contributed by atoms with Gasteiger partial charge in [0.2, 0.25) is 5.22 Å². The average Bonchev–Trinajstić information content (AvgIpc) is 2.92. The van der Waals surface area contributed by atoms with Crippen LogP contribution in [0, 0.1) is 0 Å². The van der Waals surface area contributed by atoms with Crippen molar-refractivity contribution in [3.8, 4) is 11.4 Å². The van der Waals surface area contributed by atoms with Gasteiger partial charge in [-0.2, -0.15) is 0 Å². The molecule has 0 fully saturated rings. The number of carbonyl (C=O) groups is 1. The molecule has 0 aromatic carbocycles. The molecule has 2 N–H and O–H groups in total. The maximum atomic E-state index is 10.8. The summed E-state index contributed by atoms with van der Waals surface area (Å²) in [5.74, 6) is -0.555. The topological polar surface area (TPSA) is 92.0 Å². The Kier molecular flexibility index (Phi) is 2.31. The van der Waals surface area contributed by atoms with Crippen LogP contribution in [0.25, 0.3) is 22.6 Å². The minimum absolute atomic E-state index is 0.0935. The molecule has 0 bridgehead atoms. The third-order valence-electron chi connectivity index (χ3n) is 2.46. The molecule has 0 spiro atoms. The highest BCUT2D eigenvalue weighted by molar-refractivity contribution is 6.31. The summed E-state index contributed by atoms with van der Waals surface area (Å²) in [4.78, 5) is 22.0. The van der Waals surface area contributed by atoms with E-state index in [1.807, 2.05) is 0 Å². The van der Waals surface area contributed by atoms with E-state index in [0.29, 0.717) is 22.6 Å². The van der Waals surface area contributed by atoms with E-state index in [0.717, 1.165) is 0 Å². The number of carboxylic acid groups (broad SMARTS) is 1. The molecule has 90 valence electrons. The van der Waals surface area contributed by atoms with Gasteiger partial charge in [0, 0.05) is 6.20 Å². The normalized spacial score (nSPS) is 10.9. The van der Waals surface area contributed by atoms with Crippen molar-refractivity contribution >= 4 is 28.7 Å². The molecule has 7 heteroatoms. The number of carboxylic acids is 1. The molecule has 0 unspecified atom stereocenters. The third-order valence-corrected chi connectivity index (χ3v) is 2.75. The predicted molar refractivity (Wildman–Crippen MR) is 63.6 cm³/mol. The van der Waals surface area contributed by atoms with Crippen molar-refractivity contribution in [3.63, 3.8) is 0 Å². The second-order valence-corrected chi connectivity index (χ2v) is 3.94. The Morgan fingerprint density at radius 2 is 2.33 bits per heavy atom. The molecule has 0 aliphatic carbocycles. The molecular formula is C11H6ClN3O3. The van der Waals surface area contributed by atoms with E-state index >= 15 is 0 Å². The lowest BCUT2D eigenvalue weighted by Gasteiger charge is -1.91. The average molecular weight is 264 g/mol. The van der Waals surface area contributed by atoms with Gasteiger partial charge < -0.3 is 14.5 Å². The summed E-state index contributed by atoms with van der Waals surface area (Å²) in [5.41, 5.74) is 1.65. The number of halogens is 1. The summed E-state index contributed by atoms with van der Waals surface area (Å²) in [5, 5.41) is 9.08. The minimum atomic E-state index is -1.04. The van der Waals surface area contributed by atoms with E-state index in [9.17, 15) is 4.79 Å². The highest BCUT2D eigenvalue weighted by Gasteiger charge is 2.13. The predicted octanol–water partition coefficient (Wildman–Crippen LogP) is 2.57. The fourth-order valence-electron chi connectivity index (χ4n) is 1.61. The molecule has 0 saturated carbocycles. The zero-order chi connectivity index (χ0) is 12.7. The van der Waals surface area contributed by atoms with Gasteiger partial charge in [-0.25, -0.2) is 14.8 Å². The SMILES string of the molecule is O=C(O)c1cnc2nc(-c3ccoc3Cl)[nH]c2c1. The van der Waals surface area contributed by atoms with Crippen LogP contribution in [-0.2, 0) is 0 Å². The smallest absolute Gasteiger partial charge is 0.337 e. The van der Waals surface area contributed by atoms with E-state index in [4.69, 9.17) is 21.1 Å². The Morgan fingerprint density at radius 1 is 1.50 bits per heavy atom. The number of rotatable bonds is 2. The zero-order valence-corrected chi connectivity index (χ0v) is 9.60. The van der Waals surface area contributed by atoms with E-state index < -0.39 is 5.97 Å². The molecule has 0 aliphatic rings. The quantitative estimate of drug-likeness (QED) is 0.741. The number of aromatic amines is 1. The third kappa shape index (κ3) is 1.63. The monoisotopic (exact) mass is 263 g/mol. The van der Waals surface area contributed by atoms with Gasteiger partial charge in [0.1, 0.15) is 5.82 Å². The first-order chi connectivity index (χ1) is 8.65. The van der Waals surface area contributed by atoms with Crippen molar-refractivity contribution in [2.24, 2.45) is 0 Å². The minimum Gasteiger partial charge on any atom is -0.478 e. The number of nitrogens with zero attached hydrogens (tertiary/aromatic N) is 2. The zero-order valence-electron chi connectivity index (χ0n) is 8.85. The van der Waals surface area contributed by atoms with Gasteiger partial charge in [-0.05, 0) is 23.7 Å². The number of pyridine rings is 1. The molecule has 3 rings (SSSR count). The van der Waals surface area contributed by atoms with Crippen LogP contribution in [0.3, 0.4) is 0 Å². The summed E-state index contributed by atoms with van der Waals surface area (Å²) >= 11 is 5.84. The Bertz CT molecular complexity index is 747. The van der Waals surface area contributed by atoms with E-state index in [-0.39, 0.29) is 10.8 Å². The van der Waals surface area contributed by atoms with E-state index in [1.165, 1.54) is 18.5 Å². The first kappa shape index (κ1) is 10.8. The molecule has 0 aliphatic heterocycles. The molecular weight excluding hydrogens is 258 g/mol. The van der Waals surface area contributed by atoms with Crippen LogP contribution in [0.4, 0.5) is 0 Å². The lowest BCUT2D eigenvalue weighted by molar-refractivity contribution is 0.0696. The molecule has 0 saturated heterocycles. The molecule has 3 aromatic rings. The van der Waals surface area contributed by atoms with Crippen molar-refractivity contribution in [1.29, 1.82) is 0 Å². The number of aromatic nitrogens is 3. The van der Waals surface area contributed by atoms with E-state index in [1.54, 1.807) is 6.07 Å². The number of hydrogen-bond donors (Lipinski definition) is 2. The van der Waals surface area contributed by atoms with Crippen LogP contribution in [0.2, 0.25) is 5.22 Å². The molecule has 6 nitrogen and oxygen atoms in total. The maximum Gasteiger partial charge on any atom is 0.337 e. The van der Waals surface area contributed by atoms with Crippen LogP contribution in [-0.4, -0.2) is 26.0 Å². The second kappa shape index (κ2) is 3.85. The molecule has 0 radical (unpaired) electrons. The summed E-state index contributed by atoms with van der Waals surface area (Å²) in [6.45, 7) is 0. The number of hydrogen-bond acceptors (Lipinski definition) is 4. The first-order valence-electron chi connectivity index (χ1n) is 4.97. The number of furan rings is 1. The fourth-order valence-corrected chi connectivity index (χ4v) is 1.81. The van der Waals surface area contributed by atoms with Crippen molar-refractivity contribution in [1.82, 2.24) is 15.0 Å². The van der Waals surface area contributed by atoms with Gasteiger partial charge in [-0.3, -0.25) is 0 Å². The maximum absolute atomic E-state index is 10.8. The van der Waals surface area contributed by atoms with Gasteiger partial charge in [-0.15, -0.1) is 0 Å². The van der Waals surface area contributed by atoms with Crippen molar-refractivity contribution in [3.05, 3.63) is 35.4 Å². The summed E-state index contributed by atoms with van der Waals surface area (Å²) in [6, 6.07) is 3.13. The standard InChI is InChI=1S/C11H6ClN3O3/c12-8-6(1-2-18-8)9-14-7-3-5(11(16)17)4-13-10(7)15-9/h1-4H,(H,16,17)(H,13,14,15). The van der Waals surface area contributed by atoms with Gasteiger partial charge in [-0.1, -0.05) is 0 Å². The molecule has 18 heavy (non-hydrogen) atoms. The number of nitrogens with one attached hydrogen (secondary N) is 1. The fraction of sp³-hybridized carbons (Fsp3) is 0. The first-order valence-corrected chi connectivity index (χ1v) is 5.35. The van der Waals surface area contributed by atoms with Gasteiger partial charge in [0.05, 0.1) is 22.9 Å². The lowest BCUT2D eigenvalue weighted by atomic mass is 10.3. The van der Waals surface area contributed by atoms with Crippen molar-refractivity contribution < 1.29 is 14.3 Å². The Balaban J connectivity index is 2.17.